The van der Waals surface area contributed by atoms with E-state index in [9.17, 15) is 9.59 Å². The largest absolute Gasteiger partial charge is 0.486 e. The van der Waals surface area contributed by atoms with Gasteiger partial charge in [0.2, 0.25) is 0 Å². The van der Waals surface area contributed by atoms with E-state index in [1.54, 1.807) is 36.4 Å². The van der Waals surface area contributed by atoms with Gasteiger partial charge in [0.1, 0.15) is 12.3 Å². The van der Waals surface area contributed by atoms with Crippen LogP contribution in [0.4, 0.5) is 10.5 Å². The predicted octanol–water partition coefficient (Wildman–Crippen LogP) is 6.82. The Morgan fingerprint density at radius 2 is 1.53 bits per heavy atom. The molecule has 168 valence electrons. The maximum atomic E-state index is 12.8. The van der Waals surface area contributed by atoms with Crippen molar-refractivity contribution in [1.82, 2.24) is 5.32 Å². The number of nitrogens with zero attached hydrogens (tertiary/aromatic N) is 1. The van der Waals surface area contributed by atoms with Gasteiger partial charge in [-0.25, -0.2) is 9.69 Å². The molecule has 1 saturated heterocycles. The first-order valence-electron chi connectivity index (χ1n) is 10.5. The Morgan fingerprint density at radius 3 is 2.29 bits per heavy atom. The molecule has 0 radical (unpaired) electrons. The van der Waals surface area contributed by atoms with Crippen molar-refractivity contribution in [2.75, 3.05) is 4.90 Å². The van der Waals surface area contributed by atoms with Gasteiger partial charge in [-0.3, -0.25) is 4.79 Å². The molecule has 5 nitrogen and oxygen atoms in total. The van der Waals surface area contributed by atoms with E-state index in [0.29, 0.717) is 33.7 Å². The number of fused-ring (bicyclic) bond motifs is 1. The summed E-state index contributed by atoms with van der Waals surface area (Å²) >= 11 is 12.9. The van der Waals surface area contributed by atoms with Crippen LogP contribution < -0.4 is 15.0 Å². The molecule has 4 aromatic carbocycles. The van der Waals surface area contributed by atoms with E-state index in [2.05, 4.69) is 5.32 Å². The Hall–Kier alpha value is -3.80. The van der Waals surface area contributed by atoms with E-state index in [4.69, 9.17) is 27.9 Å². The molecule has 1 heterocycles. The Kier molecular flexibility index (Phi) is 5.97. The minimum Gasteiger partial charge on any atom is -0.486 e. The Labute approximate surface area is 206 Å². The zero-order valence-corrected chi connectivity index (χ0v) is 19.3. The predicted molar refractivity (Wildman–Crippen MR) is 135 cm³/mol. The fraction of sp³-hybridized carbons (Fsp3) is 0.0370. The lowest BCUT2D eigenvalue weighted by atomic mass is 10.1. The Bertz CT molecular complexity index is 1420. The quantitative estimate of drug-likeness (QED) is 0.247. The number of amides is 3. The minimum absolute atomic E-state index is 0.130. The fourth-order valence-electron chi connectivity index (χ4n) is 3.88. The van der Waals surface area contributed by atoms with Crippen LogP contribution in [-0.4, -0.2) is 11.9 Å². The van der Waals surface area contributed by atoms with Gasteiger partial charge < -0.3 is 10.1 Å². The van der Waals surface area contributed by atoms with Crippen LogP contribution in [0.25, 0.3) is 16.8 Å². The number of imide groups is 1. The van der Waals surface area contributed by atoms with Crippen molar-refractivity contribution in [3.63, 3.8) is 0 Å². The van der Waals surface area contributed by atoms with Crippen molar-refractivity contribution in [3.05, 3.63) is 112 Å². The SMILES string of the molecule is O=C1N/C(=C/c2cc(Cl)c(OCc3cccc4ccccc34)c(Cl)c2)C(=O)N1c1ccccc1. The number of halogens is 2. The van der Waals surface area contributed by atoms with Crippen LogP contribution in [0.15, 0.2) is 90.6 Å². The van der Waals surface area contributed by atoms with Crippen LogP contribution in [0.5, 0.6) is 5.75 Å². The van der Waals surface area contributed by atoms with Crippen molar-refractivity contribution in [1.29, 1.82) is 0 Å². The highest BCUT2D eigenvalue weighted by molar-refractivity contribution is 6.37. The molecule has 0 atom stereocenters. The Morgan fingerprint density at radius 1 is 0.853 bits per heavy atom. The average molecular weight is 489 g/mol. The molecule has 0 spiro atoms. The highest BCUT2D eigenvalue weighted by atomic mass is 35.5. The highest BCUT2D eigenvalue weighted by Gasteiger charge is 2.34. The zero-order chi connectivity index (χ0) is 23.7. The summed E-state index contributed by atoms with van der Waals surface area (Å²) in [6, 6.07) is 25.6. The number of carbonyl (C=O) groups is 2. The molecule has 5 rings (SSSR count). The van der Waals surface area contributed by atoms with Crippen molar-refractivity contribution in [3.8, 4) is 5.75 Å². The first-order chi connectivity index (χ1) is 16.5. The first-order valence-corrected chi connectivity index (χ1v) is 11.3. The molecule has 4 aromatic rings. The van der Waals surface area contributed by atoms with Gasteiger partial charge >= 0.3 is 6.03 Å². The number of para-hydroxylation sites is 1. The highest BCUT2D eigenvalue weighted by Crippen LogP contribution is 2.36. The second kappa shape index (κ2) is 9.21. The molecule has 1 N–H and O–H groups in total. The van der Waals surface area contributed by atoms with Crippen LogP contribution in [0.1, 0.15) is 11.1 Å². The molecule has 0 bridgehead atoms. The zero-order valence-electron chi connectivity index (χ0n) is 17.8. The van der Waals surface area contributed by atoms with Gasteiger partial charge in [-0.05, 0) is 52.2 Å². The number of nitrogens with one attached hydrogen (secondary N) is 1. The number of urea groups is 1. The summed E-state index contributed by atoms with van der Waals surface area (Å²) in [5.41, 5.74) is 2.19. The second-order valence-electron chi connectivity index (χ2n) is 7.70. The standard InChI is InChI=1S/C27H18Cl2N2O3/c28-22-13-17(15-24-26(32)31(27(33)30-24)20-10-2-1-3-11-20)14-23(29)25(22)34-16-19-9-6-8-18-7-4-5-12-21(18)19/h1-15H,16H2,(H,30,33)/b24-15+. The third-order valence-electron chi connectivity index (χ3n) is 5.48. The van der Waals surface area contributed by atoms with Crippen LogP contribution in [-0.2, 0) is 11.4 Å². The Balaban J connectivity index is 1.38. The number of ether oxygens (including phenoxy) is 1. The number of hydrogen-bond acceptors (Lipinski definition) is 3. The van der Waals surface area contributed by atoms with Crippen LogP contribution in [0.2, 0.25) is 10.0 Å². The topological polar surface area (TPSA) is 58.6 Å². The molecule has 1 fully saturated rings. The molecular formula is C27H18Cl2N2O3. The minimum atomic E-state index is -0.519. The molecule has 1 aliphatic heterocycles. The molecule has 34 heavy (non-hydrogen) atoms. The van der Waals surface area contributed by atoms with Crippen molar-refractivity contribution < 1.29 is 14.3 Å². The summed E-state index contributed by atoms with van der Waals surface area (Å²) < 4.78 is 5.97. The summed E-state index contributed by atoms with van der Waals surface area (Å²) in [6.07, 6.45) is 1.54. The van der Waals surface area contributed by atoms with Crippen molar-refractivity contribution in [2.45, 2.75) is 6.61 Å². The lowest BCUT2D eigenvalue weighted by Gasteiger charge is -2.13. The van der Waals surface area contributed by atoms with E-state index in [0.717, 1.165) is 21.2 Å². The van der Waals surface area contributed by atoms with E-state index >= 15 is 0 Å². The summed E-state index contributed by atoms with van der Waals surface area (Å²) in [5.74, 6) is -0.106. The molecule has 0 aliphatic carbocycles. The van der Waals surface area contributed by atoms with Gasteiger partial charge in [0.15, 0.2) is 5.75 Å². The lowest BCUT2D eigenvalue weighted by Crippen LogP contribution is -2.30. The second-order valence-corrected chi connectivity index (χ2v) is 8.52. The first kappa shape index (κ1) is 22.0. The third kappa shape index (κ3) is 4.23. The molecule has 7 heteroatoms. The van der Waals surface area contributed by atoms with Gasteiger partial charge in [-0.15, -0.1) is 0 Å². The summed E-state index contributed by atoms with van der Waals surface area (Å²) in [6.45, 7) is 0.293. The van der Waals surface area contributed by atoms with Crippen molar-refractivity contribution >= 4 is 57.7 Å². The van der Waals surface area contributed by atoms with Gasteiger partial charge in [0.05, 0.1) is 15.7 Å². The molecule has 3 amide bonds. The van der Waals surface area contributed by atoms with E-state index in [1.807, 2.05) is 48.5 Å². The summed E-state index contributed by atoms with van der Waals surface area (Å²) in [5, 5.41) is 5.42. The van der Waals surface area contributed by atoms with Gasteiger partial charge in [-0.1, -0.05) is 83.9 Å². The summed E-state index contributed by atoms with van der Waals surface area (Å²) in [4.78, 5) is 26.3. The van der Waals surface area contributed by atoms with Gasteiger partial charge in [-0.2, -0.15) is 0 Å². The van der Waals surface area contributed by atoms with Gasteiger partial charge in [0.25, 0.3) is 5.91 Å². The lowest BCUT2D eigenvalue weighted by molar-refractivity contribution is -0.113. The monoisotopic (exact) mass is 488 g/mol. The maximum absolute atomic E-state index is 12.8. The van der Waals surface area contributed by atoms with E-state index in [-0.39, 0.29) is 5.70 Å². The van der Waals surface area contributed by atoms with Crippen LogP contribution in [0.3, 0.4) is 0 Å². The normalized spacial score (nSPS) is 14.6. The maximum Gasteiger partial charge on any atom is 0.333 e. The van der Waals surface area contributed by atoms with Crippen LogP contribution in [0, 0.1) is 0 Å². The van der Waals surface area contributed by atoms with E-state index < -0.39 is 11.9 Å². The number of rotatable bonds is 5. The molecule has 1 aliphatic rings. The average Bonchev–Trinajstić information content (AvgIpc) is 3.11. The third-order valence-corrected chi connectivity index (χ3v) is 6.04. The van der Waals surface area contributed by atoms with Crippen LogP contribution >= 0.6 is 23.2 Å². The van der Waals surface area contributed by atoms with Gasteiger partial charge in [0, 0.05) is 0 Å². The smallest absolute Gasteiger partial charge is 0.333 e. The fourth-order valence-corrected chi connectivity index (χ4v) is 4.50. The molecule has 0 unspecified atom stereocenters. The number of carbonyl (C=O) groups excluding carboxylic acids is 2. The van der Waals surface area contributed by atoms with E-state index in [1.165, 1.54) is 6.08 Å². The van der Waals surface area contributed by atoms with Crippen molar-refractivity contribution in [2.24, 2.45) is 0 Å². The summed E-state index contributed by atoms with van der Waals surface area (Å²) in [7, 11) is 0. The number of anilines is 1. The molecule has 0 aromatic heterocycles. The number of hydrogen-bond donors (Lipinski definition) is 1. The molecule has 0 saturated carbocycles. The molecular weight excluding hydrogens is 471 g/mol. The number of benzene rings is 4.